The Kier molecular flexibility index (Phi) is 2.44. The maximum Gasteiger partial charge on any atom is 0.234 e. The summed E-state index contributed by atoms with van der Waals surface area (Å²) < 4.78 is 0. The zero-order valence-electron chi connectivity index (χ0n) is 6.92. The number of amides is 1. The molecule has 0 radical (unpaired) electrons. The van der Waals surface area contributed by atoms with Crippen LogP contribution in [-0.4, -0.2) is 35.3 Å². The molecular weight excluding hydrogens is 160 g/mol. The van der Waals surface area contributed by atoms with Gasteiger partial charge in [0.05, 0.1) is 11.4 Å². The van der Waals surface area contributed by atoms with E-state index in [-0.39, 0.29) is 10.8 Å². The van der Waals surface area contributed by atoms with Crippen molar-refractivity contribution < 1.29 is 4.79 Å². The maximum atomic E-state index is 10.9. The van der Waals surface area contributed by atoms with Crippen LogP contribution in [0.3, 0.4) is 0 Å². The molecule has 3 nitrogen and oxygen atoms in total. The van der Waals surface area contributed by atoms with Gasteiger partial charge in [-0.25, -0.2) is 0 Å². The van der Waals surface area contributed by atoms with Crippen molar-refractivity contribution in [3.63, 3.8) is 0 Å². The molecule has 0 spiro atoms. The monoisotopic (exact) mass is 174 g/mol. The highest BCUT2D eigenvalue weighted by Crippen LogP contribution is 2.18. The molecule has 0 aromatic heterocycles. The number of piperazine rings is 1. The first-order valence-corrected chi connectivity index (χ1v) is 4.19. The van der Waals surface area contributed by atoms with E-state index in [1.807, 2.05) is 13.8 Å². The van der Waals surface area contributed by atoms with E-state index in [9.17, 15) is 4.79 Å². The lowest BCUT2D eigenvalue weighted by atomic mass is 10.2. The van der Waals surface area contributed by atoms with Crippen molar-refractivity contribution in [2.24, 2.45) is 0 Å². The van der Waals surface area contributed by atoms with Gasteiger partial charge in [-0.15, -0.1) is 0 Å². The fraction of sp³-hybridized carbons (Fsp3) is 0.857. The molecule has 0 unspecified atom stereocenters. The average Bonchev–Trinajstić information content (AvgIpc) is 1.86. The van der Waals surface area contributed by atoms with E-state index in [2.05, 4.69) is 22.8 Å². The van der Waals surface area contributed by atoms with Gasteiger partial charge in [-0.1, -0.05) is 0 Å². The van der Waals surface area contributed by atoms with E-state index in [4.69, 9.17) is 0 Å². The van der Waals surface area contributed by atoms with E-state index in [0.29, 0.717) is 6.54 Å². The summed E-state index contributed by atoms with van der Waals surface area (Å²) in [7, 11) is 0. The largest absolute Gasteiger partial charge is 0.354 e. The summed E-state index contributed by atoms with van der Waals surface area (Å²) in [5.74, 6) is 0.0957. The molecule has 1 aliphatic rings. The van der Waals surface area contributed by atoms with Crippen LogP contribution in [-0.2, 0) is 4.79 Å². The molecule has 0 atom stereocenters. The first-order valence-electron chi connectivity index (χ1n) is 3.74. The Morgan fingerprint density at radius 3 is 2.64 bits per heavy atom. The van der Waals surface area contributed by atoms with Gasteiger partial charge in [0.1, 0.15) is 0 Å². The first-order chi connectivity index (χ1) is 5.00. The van der Waals surface area contributed by atoms with Crippen LogP contribution in [0.15, 0.2) is 0 Å². The van der Waals surface area contributed by atoms with Gasteiger partial charge in [0.25, 0.3) is 0 Å². The molecule has 1 fully saturated rings. The molecule has 64 valence electrons. The van der Waals surface area contributed by atoms with E-state index in [0.717, 1.165) is 13.1 Å². The Morgan fingerprint density at radius 2 is 2.27 bits per heavy atom. The van der Waals surface area contributed by atoms with Gasteiger partial charge < -0.3 is 5.32 Å². The Labute approximate surface area is 72.5 Å². The number of carbonyl (C=O) groups is 1. The van der Waals surface area contributed by atoms with Crippen molar-refractivity contribution >= 4 is 18.5 Å². The molecule has 1 amide bonds. The summed E-state index contributed by atoms with van der Waals surface area (Å²) in [6, 6.07) is 0. The average molecular weight is 174 g/mol. The predicted molar refractivity (Wildman–Crippen MR) is 47.6 cm³/mol. The van der Waals surface area contributed by atoms with Crippen molar-refractivity contribution in [1.82, 2.24) is 10.2 Å². The fourth-order valence-electron chi connectivity index (χ4n) is 1.11. The number of hydrogen-bond acceptors (Lipinski definition) is 3. The second kappa shape index (κ2) is 3.03. The van der Waals surface area contributed by atoms with E-state index >= 15 is 0 Å². The highest BCUT2D eigenvalue weighted by molar-refractivity contribution is 7.81. The minimum atomic E-state index is -0.183. The Balaban J connectivity index is 2.53. The highest BCUT2D eigenvalue weighted by Gasteiger charge is 2.26. The Hall–Kier alpha value is -0.220. The lowest BCUT2D eigenvalue weighted by molar-refractivity contribution is -0.125. The van der Waals surface area contributed by atoms with E-state index < -0.39 is 0 Å². The van der Waals surface area contributed by atoms with Gasteiger partial charge >= 0.3 is 0 Å². The van der Waals surface area contributed by atoms with E-state index in [1.165, 1.54) is 0 Å². The second-order valence-electron chi connectivity index (χ2n) is 3.27. The number of rotatable bonds is 1. The predicted octanol–water partition coefficient (Wildman–Crippen LogP) is 0.0841. The molecule has 0 aromatic rings. The summed E-state index contributed by atoms with van der Waals surface area (Å²) in [6.07, 6.45) is 0. The normalized spacial score (nSPS) is 21.5. The number of nitrogens with zero attached hydrogens (tertiary/aromatic N) is 1. The smallest absolute Gasteiger partial charge is 0.234 e. The van der Waals surface area contributed by atoms with Gasteiger partial charge in [0, 0.05) is 13.1 Å². The lowest BCUT2D eigenvalue weighted by Crippen LogP contribution is -2.53. The molecule has 0 bridgehead atoms. The third kappa shape index (κ3) is 2.38. The summed E-state index contributed by atoms with van der Waals surface area (Å²) in [6.45, 7) is 6.09. The summed E-state index contributed by atoms with van der Waals surface area (Å²) in [5.41, 5.74) is 0. The van der Waals surface area contributed by atoms with Crippen molar-refractivity contribution in [3.8, 4) is 0 Å². The molecule has 0 saturated carbocycles. The molecule has 1 N–H and O–H groups in total. The van der Waals surface area contributed by atoms with Gasteiger partial charge in [-0.3, -0.25) is 9.69 Å². The lowest BCUT2D eigenvalue weighted by Gasteiger charge is -2.36. The summed E-state index contributed by atoms with van der Waals surface area (Å²) >= 11 is 4.38. The number of carbonyl (C=O) groups excluding carboxylic acids is 1. The van der Waals surface area contributed by atoms with Gasteiger partial charge in [-0.05, 0) is 13.8 Å². The topological polar surface area (TPSA) is 32.3 Å². The summed E-state index contributed by atoms with van der Waals surface area (Å²) in [5, 5.41) is 2.77. The molecule has 11 heavy (non-hydrogen) atoms. The standard InChI is InChI=1S/C7H14N2OS/c1-7(2,11)9-4-3-8-6(10)5-9/h11H,3-5H2,1-2H3,(H,8,10). The molecule has 0 aromatic carbocycles. The van der Waals surface area contributed by atoms with Crippen molar-refractivity contribution in [2.45, 2.75) is 18.7 Å². The zero-order valence-corrected chi connectivity index (χ0v) is 7.82. The summed E-state index contributed by atoms with van der Waals surface area (Å²) in [4.78, 5) is 12.8. The third-order valence-corrected chi connectivity index (χ3v) is 2.10. The Bertz CT molecular complexity index is 164. The minimum Gasteiger partial charge on any atom is -0.354 e. The SMILES string of the molecule is CC(C)(S)N1CCNC(=O)C1. The van der Waals surface area contributed by atoms with Gasteiger partial charge in [0.2, 0.25) is 5.91 Å². The van der Waals surface area contributed by atoms with Gasteiger partial charge in [-0.2, -0.15) is 12.6 Å². The van der Waals surface area contributed by atoms with Crippen LogP contribution in [0.5, 0.6) is 0 Å². The first kappa shape index (κ1) is 8.87. The Morgan fingerprint density at radius 1 is 1.64 bits per heavy atom. The molecule has 1 heterocycles. The minimum absolute atomic E-state index is 0.0957. The van der Waals surface area contributed by atoms with Crippen LogP contribution < -0.4 is 5.32 Å². The van der Waals surface area contributed by atoms with Crippen LogP contribution in [0.2, 0.25) is 0 Å². The maximum absolute atomic E-state index is 10.9. The molecular formula is C7H14N2OS. The zero-order chi connectivity index (χ0) is 8.48. The molecule has 1 aliphatic heterocycles. The third-order valence-electron chi connectivity index (χ3n) is 1.81. The van der Waals surface area contributed by atoms with Gasteiger partial charge in [0.15, 0.2) is 0 Å². The number of nitrogens with one attached hydrogen (secondary N) is 1. The molecule has 0 aliphatic carbocycles. The fourth-order valence-corrected chi connectivity index (χ4v) is 1.28. The van der Waals surface area contributed by atoms with Crippen LogP contribution in [0.4, 0.5) is 0 Å². The van der Waals surface area contributed by atoms with Crippen LogP contribution in [0.25, 0.3) is 0 Å². The number of thiol groups is 1. The van der Waals surface area contributed by atoms with Crippen LogP contribution >= 0.6 is 12.6 Å². The molecule has 1 rings (SSSR count). The quantitative estimate of drug-likeness (QED) is 0.552. The molecule has 4 heteroatoms. The second-order valence-corrected chi connectivity index (χ2v) is 4.36. The van der Waals surface area contributed by atoms with Crippen molar-refractivity contribution in [3.05, 3.63) is 0 Å². The highest BCUT2D eigenvalue weighted by atomic mass is 32.1. The van der Waals surface area contributed by atoms with Crippen LogP contribution in [0.1, 0.15) is 13.8 Å². The van der Waals surface area contributed by atoms with E-state index in [1.54, 1.807) is 0 Å². The number of hydrogen-bond donors (Lipinski definition) is 2. The molecule has 1 saturated heterocycles. The van der Waals surface area contributed by atoms with Crippen molar-refractivity contribution in [1.29, 1.82) is 0 Å². The van der Waals surface area contributed by atoms with Crippen molar-refractivity contribution in [2.75, 3.05) is 19.6 Å². The van der Waals surface area contributed by atoms with Crippen LogP contribution in [0, 0.1) is 0 Å².